The number of hydrogen-bond acceptors (Lipinski definition) is 5. The van der Waals surface area contributed by atoms with Crippen molar-refractivity contribution in [1.29, 1.82) is 5.26 Å². The van der Waals surface area contributed by atoms with Crippen LogP contribution < -0.4 is 5.69 Å². The zero-order chi connectivity index (χ0) is 20.0. The molecule has 5 aromatic rings. The van der Waals surface area contributed by atoms with E-state index in [0.717, 1.165) is 22.2 Å². The molecule has 8 heteroatoms. The lowest BCUT2D eigenvalue weighted by atomic mass is 10.1. The first kappa shape index (κ1) is 16.9. The first-order chi connectivity index (χ1) is 14.1. The van der Waals surface area contributed by atoms with Crippen LogP contribution in [0.3, 0.4) is 0 Å². The Hall–Kier alpha value is -4.25. The molecule has 0 aliphatic heterocycles. The number of H-pyrrole nitrogens is 1. The predicted octanol–water partition coefficient (Wildman–Crippen LogP) is 2.69. The van der Waals surface area contributed by atoms with Crippen LogP contribution in [0.1, 0.15) is 16.7 Å². The molecule has 8 nitrogen and oxygen atoms in total. The second-order valence-corrected chi connectivity index (χ2v) is 6.84. The molecule has 0 unspecified atom stereocenters. The number of hydrogen-bond donors (Lipinski definition) is 1. The number of aromatic amines is 1. The van der Waals surface area contributed by atoms with Crippen LogP contribution >= 0.6 is 0 Å². The van der Waals surface area contributed by atoms with Crippen molar-refractivity contribution in [1.82, 2.24) is 29.1 Å². The van der Waals surface area contributed by atoms with Crippen LogP contribution in [0.4, 0.5) is 0 Å². The van der Waals surface area contributed by atoms with E-state index in [-0.39, 0.29) is 5.69 Å². The Kier molecular flexibility index (Phi) is 3.74. The minimum absolute atomic E-state index is 0.241. The molecular weight excluding hydrogens is 366 g/mol. The zero-order valence-electron chi connectivity index (χ0n) is 15.5. The number of rotatable bonds is 3. The molecule has 5 rings (SSSR count). The van der Waals surface area contributed by atoms with Gasteiger partial charge < -0.3 is 4.98 Å². The molecule has 140 valence electrons. The normalized spacial score (nSPS) is 11.2. The Morgan fingerprint density at radius 2 is 2.07 bits per heavy atom. The number of nitrogens with one attached hydrogen (secondary N) is 1. The molecule has 3 aromatic heterocycles. The maximum absolute atomic E-state index is 12.5. The Morgan fingerprint density at radius 3 is 2.90 bits per heavy atom. The van der Waals surface area contributed by atoms with E-state index in [4.69, 9.17) is 0 Å². The van der Waals surface area contributed by atoms with Gasteiger partial charge in [0.1, 0.15) is 11.8 Å². The van der Waals surface area contributed by atoms with Crippen LogP contribution in [0.2, 0.25) is 0 Å². The highest BCUT2D eigenvalue weighted by atomic mass is 16.1. The van der Waals surface area contributed by atoms with E-state index in [1.807, 2.05) is 31.2 Å². The molecule has 3 heterocycles. The van der Waals surface area contributed by atoms with Crippen molar-refractivity contribution in [2.24, 2.45) is 0 Å². The number of nitriles is 1. The second kappa shape index (κ2) is 6.42. The van der Waals surface area contributed by atoms with Crippen molar-refractivity contribution < 1.29 is 0 Å². The summed E-state index contributed by atoms with van der Waals surface area (Å²) in [6.07, 6.45) is 3.20. The molecule has 0 aliphatic rings. The summed E-state index contributed by atoms with van der Waals surface area (Å²) in [4.78, 5) is 28.7. The Bertz CT molecular complexity index is 1480. The smallest absolute Gasteiger partial charge is 0.303 e. The fourth-order valence-electron chi connectivity index (χ4n) is 3.43. The number of benzene rings is 2. The van der Waals surface area contributed by atoms with Gasteiger partial charge in [-0.15, -0.1) is 0 Å². The Labute approximate surface area is 164 Å². The van der Waals surface area contributed by atoms with Gasteiger partial charge in [-0.1, -0.05) is 29.8 Å². The topological polar surface area (TPSA) is 105 Å². The molecule has 0 amide bonds. The van der Waals surface area contributed by atoms with Crippen molar-refractivity contribution >= 4 is 22.2 Å². The minimum Gasteiger partial charge on any atom is -0.303 e. The SMILES string of the molecule is Cc1cccc(Cn2c(=O)[nH]c3cnc(-n4cnc5ccc(C#N)cc54)nc32)c1. The van der Waals surface area contributed by atoms with E-state index < -0.39 is 0 Å². The van der Waals surface area contributed by atoms with Gasteiger partial charge in [0.25, 0.3) is 0 Å². The molecule has 2 aromatic carbocycles. The predicted molar refractivity (Wildman–Crippen MR) is 108 cm³/mol. The zero-order valence-corrected chi connectivity index (χ0v) is 15.5. The van der Waals surface area contributed by atoms with Crippen LogP contribution in [0, 0.1) is 18.3 Å². The van der Waals surface area contributed by atoms with E-state index in [9.17, 15) is 10.1 Å². The molecule has 0 aliphatic carbocycles. The van der Waals surface area contributed by atoms with Crippen molar-refractivity contribution in [3.8, 4) is 12.0 Å². The second-order valence-electron chi connectivity index (χ2n) is 6.84. The molecule has 0 spiro atoms. The highest BCUT2D eigenvalue weighted by Crippen LogP contribution is 2.19. The highest BCUT2D eigenvalue weighted by molar-refractivity contribution is 5.79. The lowest BCUT2D eigenvalue weighted by molar-refractivity contribution is 0.774. The van der Waals surface area contributed by atoms with Gasteiger partial charge in [-0.05, 0) is 30.7 Å². The maximum atomic E-state index is 12.5. The third-order valence-corrected chi connectivity index (χ3v) is 4.81. The van der Waals surface area contributed by atoms with Crippen molar-refractivity contribution in [3.05, 3.63) is 82.2 Å². The monoisotopic (exact) mass is 381 g/mol. The Balaban J connectivity index is 1.66. The molecule has 0 atom stereocenters. The summed E-state index contributed by atoms with van der Waals surface area (Å²) >= 11 is 0. The van der Waals surface area contributed by atoms with Gasteiger partial charge in [0, 0.05) is 0 Å². The Morgan fingerprint density at radius 1 is 1.17 bits per heavy atom. The van der Waals surface area contributed by atoms with E-state index in [0.29, 0.717) is 29.2 Å². The molecular formula is C21H15N7O. The summed E-state index contributed by atoms with van der Waals surface area (Å²) in [5.41, 5.74) is 4.97. The van der Waals surface area contributed by atoms with E-state index in [1.54, 1.807) is 39.9 Å². The van der Waals surface area contributed by atoms with Gasteiger partial charge in [0.05, 0.1) is 35.4 Å². The van der Waals surface area contributed by atoms with Gasteiger partial charge in [0.2, 0.25) is 5.95 Å². The van der Waals surface area contributed by atoms with Crippen LogP contribution in [0.5, 0.6) is 0 Å². The quantitative estimate of drug-likeness (QED) is 0.517. The first-order valence-electron chi connectivity index (χ1n) is 9.01. The molecule has 0 bridgehead atoms. The fraction of sp³-hybridized carbons (Fsp3) is 0.0952. The minimum atomic E-state index is -0.241. The average molecular weight is 381 g/mol. The van der Waals surface area contributed by atoms with Crippen LogP contribution in [0.15, 0.2) is 59.8 Å². The van der Waals surface area contributed by atoms with Gasteiger partial charge >= 0.3 is 5.69 Å². The van der Waals surface area contributed by atoms with Crippen LogP contribution in [0.25, 0.3) is 28.1 Å². The number of fused-ring (bicyclic) bond motifs is 2. The number of nitrogens with zero attached hydrogens (tertiary/aromatic N) is 6. The van der Waals surface area contributed by atoms with Crippen LogP contribution in [-0.4, -0.2) is 29.1 Å². The first-order valence-corrected chi connectivity index (χ1v) is 9.01. The average Bonchev–Trinajstić information content (AvgIpc) is 3.28. The largest absolute Gasteiger partial charge is 0.328 e. The van der Waals surface area contributed by atoms with Crippen molar-refractivity contribution in [3.63, 3.8) is 0 Å². The molecule has 0 radical (unpaired) electrons. The van der Waals surface area contributed by atoms with E-state index >= 15 is 0 Å². The molecule has 29 heavy (non-hydrogen) atoms. The van der Waals surface area contributed by atoms with Crippen LogP contribution in [-0.2, 0) is 6.54 Å². The summed E-state index contributed by atoms with van der Waals surface area (Å²) in [5, 5.41) is 9.18. The highest BCUT2D eigenvalue weighted by Gasteiger charge is 2.13. The van der Waals surface area contributed by atoms with Crippen molar-refractivity contribution in [2.45, 2.75) is 13.5 Å². The number of aromatic nitrogens is 6. The van der Waals surface area contributed by atoms with Crippen molar-refractivity contribution in [2.75, 3.05) is 0 Å². The fourth-order valence-corrected chi connectivity index (χ4v) is 3.43. The summed E-state index contributed by atoms with van der Waals surface area (Å²) in [6, 6.07) is 15.4. The summed E-state index contributed by atoms with van der Waals surface area (Å²) in [7, 11) is 0. The molecule has 0 saturated heterocycles. The molecule has 0 saturated carbocycles. The van der Waals surface area contributed by atoms with Gasteiger partial charge in [-0.25, -0.2) is 14.8 Å². The van der Waals surface area contributed by atoms with Gasteiger partial charge in [-0.3, -0.25) is 9.13 Å². The molecule has 1 N–H and O–H groups in total. The van der Waals surface area contributed by atoms with E-state index in [1.165, 1.54) is 0 Å². The maximum Gasteiger partial charge on any atom is 0.328 e. The summed E-state index contributed by atoms with van der Waals surface area (Å²) < 4.78 is 3.30. The van der Waals surface area contributed by atoms with E-state index in [2.05, 4.69) is 26.0 Å². The summed E-state index contributed by atoms with van der Waals surface area (Å²) in [6.45, 7) is 2.42. The number of aryl methyl sites for hydroxylation is 1. The third kappa shape index (κ3) is 2.85. The molecule has 0 fully saturated rings. The van der Waals surface area contributed by atoms with Gasteiger partial charge in [-0.2, -0.15) is 10.2 Å². The standard InChI is InChI=1S/C21H15N7O/c1-13-3-2-4-15(7-13)11-27-19-17(25-21(27)29)10-23-20(26-19)28-12-24-16-6-5-14(9-22)8-18(16)28/h2-8,10,12H,11H2,1H3,(H,25,29). The third-order valence-electron chi connectivity index (χ3n) is 4.81. The lowest BCUT2D eigenvalue weighted by Crippen LogP contribution is -2.18. The number of imidazole rings is 2. The summed E-state index contributed by atoms with van der Waals surface area (Å²) in [5.74, 6) is 0.382. The van der Waals surface area contributed by atoms with Gasteiger partial charge in [0.15, 0.2) is 5.65 Å². The lowest BCUT2D eigenvalue weighted by Gasteiger charge is -2.06.